The highest BCUT2D eigenvalue weighted by Gasteiger charge is 2.49. The molecule has 264 valence electrons. The van der Waals surface area contributed by atoms with Gasteiger partial charge in [-0.1, -0.05) is 40.5 Å². The van der Waals surface area contributed by atoms with Crippen LogP contribution in [0.4, 0.5) is 4.79 Å². The Hall–Kier alpha value is -4.22. The number of alkyl carbamates (subject to hydrolysis) is 1. The van der Waals surface area contributed by atoms with Crippen LogP contribution in [0.1, 0.15) is 96.9 Å². The predicted molar refractivity (Wildman–Crippen MR) is 181 cm³/mol. The molecule has 0 unspecified atom stereocenters. The second-order valence-corrected chi connectivity index (χ2v) is 15.0. The topological polar surface area (TPSA) is 146 Å². The summed E-state index contributed by atoms with van der Waals surface area (Å²) >= 11 is 0. The van der Waals surface area contributed by atoms with Crippen LogP contribution in [-0.4, -0.2) is 68.5 Å². The van der Waals surface area contributed by atoms with Crippen molar-refractivity contribution in [2.75, 3.05) is 6.54 Å². The lowest BCUT2D eigenvalue weighted by molar-refractivity contribution is -0.141. The van der Waals surface area contributed by atoms with Gasteiger partial charge in [0.25, 0.3) is 0 Å². The molecule has 2 bridgehead atoms. The zero-order chi connectivity index (χ0) is 34.9. The number of carbonyl (C=O) groups excluding carboxylic acids is 3. The van der Waals surface area contributed by atoms with Crippen LogP contribution in [0.15, 0.2) is 28.8 Å². The van der Waals surface area contributed by atoms with Gasteiger partial charge in [-0.2, -0.15) is 0 Å². The first-order chi connectivity index (χ1) is 23.4. The number of Topliss-reactive ketones (excluding diaryl/α,β-unsaturated/α-hetero) is 1. The molecule has 2 aliphatic heterocycles. The highest BCUT2D eigenvalue weighted by Crippen LogP contribution is 2.36. The van der Waals surface area contributed by atoms with Crippen molar-refractivity contribution in [3.8, 4) is 11.6 Å². The van der Waals surface area contributed by atoms with Crippen molar-refractivity contribution in [3.05, 3.63) is 41.7 Å². The van der Waals surface area contributed by atoms with E-state index in [9.17, 15) is 14.4 Å². The first kappa shape index (κ1) is 34.6. The van der Waals surface area contributed by atoms with E-state index in [0.29, 0.717) is 41.1 Å². The summed E-state index contributed by atoms with van der Waals surface area (Å²) in [6.45, 7) is 11.3. The summed E-state index contributed by atoms with van der Waals surface area (Å²) in [6, 6.07) is 3.93. The molecule has 1 saturated carbocycles. The summed E-state index contributed by atoms with van der Waals surface area (Å²) in [5.74, 6) is 1.65. The molecule has 2 aromatic heterocycles. The molecule has 0 spiro atoms. The maximum Gasteiger partial charge on any atom is 0.408 e. The van der Waals surface area contributed by atoms with Crippen molar-refractivity contribution in [2.45, 2.75) is 124 Å². The number of oxazole rings is 1. The van der Waals surface area contributed by atoms with Gasteiger partial charge in [0.1, 0.15) is 35.5 Å². The minimum atomic E-state index is -0.902. The summed E-state index contributed by atoms with van der Waals surface area (Å²) < 4.78 is 24.1. The Morgan fingerprint density at radius 1 is 1.02 bits per heavy atom. The van der Waals surface area contributed by atoms with Crippen molar-refractivity contribution in [1.29, 1.82) is 0 Å². The van der Waals surface area contributed by atoms with Gasteiger partial charge in [-0.05, 0) is 75.8 Å². The molecule has 1 N–H and O–H groups in total. The Bertz CT molecular complexity index is 1680. The van der Waals surface area contributed by atoms with E-state index >= 15 is 0 Å². The molecule has 3 aromatic rings. The van der Waals surface area contributed by atoms with Gasteiger partial charge in [0.05, 0.1) is 29.8 Å². The molecule has 2 amide bonds. The van der Waals surface area contributed by atoms with Gasteiger partial charge in [0.15, 0.2) is 12.4 Å². The van der Waals surface area contributed by atoms with Crippen LogP contribution in [-0.2, 0) is 27.4 Å². The quantitative estimate of drug-likeness (QED) is 0.344. The smallest absolute Gasteiger partial charge is 0.408 e. The number of fused-ring (bicyclic) bond motifs is 5. The second kappa shape index (κ2) is 14.3. The average molecular weight is 676 g/mol. The van der Waals surface area contributed by atoms with Gasteiger partial charge < -0.3 is 28.8 Å². The third kappa shape index (κ3) is 7.83. The number of benzene rings is 1. The van der Waals surface area contributed by atoms with Crippen molar-refractivity contribution >= 4 is 28.8 Å². The Morgan fingerprint density at radius 3 is 2.55 bits per heavy atom. The highest BCUT2D eigenvalue weighted by molar-refractivity contribution is 5.92. The van der Waals surface area contributed by atoms with E-state index in [-0.39, 0.29) is 36.9 Å². The fourth-order valence-electron chi connectivity index (χ4n) is 7.55. The van der Waals surface area contributed by atoms with E-state index in [1.165, 1.54) is 6.92 Å². The number of hydrogen-bond acceptors (Lipinski definition) is 10. The maximum atomic E-state index is 14.3. The molecular formula is C37H49N5O7. The van der Waals surface area contributed by atoms with E-state index < -0.39 is 29.7 Å². The van der Waals surface area contributed by atoms with Crippen LogP contribution in [0, 0.1) is 24.2 Å². The first-order valence-corrected chi connectivity index (χ1v) is 17.7. The molecule has 1 saturated heterocycles. The monoisotopic (exact) mass is 675 g/mol. The minimum absolute atomic E-state index is 0.144. The molecule has 12 nitrogen and oxygen atoms in total. The van der Waals surface area contributed by atoms with Gasteiger partial charge in [0, 0.05) is 12.0 Å². The van der Waals surface area contributed by atoms with Gasteiger partial charge in [-0.3, -0.25) is 9.59 Å². The van der Waals surface area contributed by atoms with Gasteiger partial charge >= 0.3 is 6.09 Å². The molecule has 1 aliphatic carbocycles. The van der Waals surface area contributed by atoms with Gasteiger partial charge in [-0.15, -0.1) is 0 Å². The first-order valence-electron chi connectivity index (χ1n) is 17.7. The number of ketones is 1. The highest BCUT2D eigenvalue weighted by atomic mass is 16.6. The minimum Gasteiger partial charge on any atom is -0.484 e. The molecule has 2 fully saturated rings. The predicted octanol–water partition coefficient (Wildman–Crippen LogP) is 6.11. The molecule has 49 heavy (non-hydrogen) atoms. The van der Waals surface area contributed by atoms with Crippen molar-refractivity contribution < 1.29 is 33.0 Å². The van der Waals surface area contributed by atoms with Crippen LogP contribution < -0.4 is 14.8 Å². The Morgan fingerprint density at radius 2 is 1.82 bits per heavy atom. The van der Waals surface area contributed by atoms with Crippen LogP contribution in [0.3, 0.4) is 0 Å². The number of ether oxygens (including phenoxy) is 3. The molecule has 6 rings (SSSR count). The standard InChI is InChI=1S/C37H49N5O7/c1-21-18-38-31(47-21)20-46-25-15-16-26-28(17-25)40-34-27(39-26)13-9-7-8-11-24-12-10-14-29(24)49-36(45)41-33(37(4,5)6)35(44)42-19-30(48-34)22(2)32(42)23(3)43/h15-18,22,24,29-30,32-33H,7-14,19-20H2,1-6H3,(H,41,45)/t22-,24-,29-,30+,32+,33-/m1/s1. The van der Waals surface area contributed by atoms with Gasteiger partial charge in [0.2, 0.25) is 17.7 Å². The number of rotatable bonds is 4. The lowest BCUT2D eigenvalue weighted by Gasteiger charge is -2.35. The van der Waals surface area contributed by atoms with Crippen LogP contribution in [0.25, 0.3) is 11.0 Å². The molecule has 0 radical (unpaired) electrons. The average Bonchev–Trinajstić information content (AvgIpc) is 3.76. The third-order valence-corrected chi connectivity index (χ3v) is 10.2. The summed E-state index contributed by atoms with van der Waals surface area (Å²) in [7, 11) is 0. The van der Waals surface area contributed by atoms with E-state index in [1.807, 2.05) is 52.8 Å². The molecular weight excluding hydrogens is 626 g/mol. The lowest BCUT2D eigenvalue weighted by atomic mass is 9.85. The molecule has 1 aromatic carbocycles. The van der Waals surface area contributed by atoms with Gasteiger partial charge in [-0.25, -0.2) is 19.7 Å². The Balaban J connectivity index is 1.33. The van der Waals surface area contributed by atoms with E-state index in [2.05, 4.69) is 10.3 Å². The molecule has 12 heteroatoms. The summed E-state index contributed by atoms with van der Waals surface area (Å²) in [5, 5.41) is 2.90. The summed E-state index contributed by atoms with van der Waals surface area (Å²) in [5.41, 5.74) is 1.43. The van der Waals surface area contributed by atoms with Crippen molar-refractivity contribution in [3.63, 3.8) is 0 Å². The maximum absolute atomic E-state index is 14.3. The number of aromatic nitrogens is 3. The number of nitrogens with zero attached hydrogens (tertiary/aromatic N) is 4. The van der Waals surface area contributed by atoms with Crippen LogP contribution in [0.2, 0.25) is 0 Å². The van der Waals surface area contributed by atoms with Crippen LogP contribution in [0.5, 0.6) is 11.6 Å². The number of nitrogens with one attached hydrogen (secondary N) is 1. The lowest BCUT2D eigenvalue weighted by Crippen LogP contribution is -2.57. The normalized spacial score (nSPS) is 26.9. The Kier molecular flexibility index (Phi) is 10.1. The van der Waals surface area contributed by atoms with Crippen molar-refractivity contribution in [2.24, 2.45) is 17.3 Å². The Labute approximate surface area is 287 Å². The van der Waals surface area contributed by atoms with E-state index in [0.717, 1.165) is 56.2 Å². The number of aryl methyl sites for hydroxylation is 2. The summed E-state index contributed by atoms with van der Waals surface area (Å²) in [6.07, 6.45) is 7.74. The van der Waals surface area contributed by atoms with E-state index in [4.69, 9.17) is 28.6 Å². The fourth-order valence-corrected chi connectivity index (χ4v) is 7.55. The molecule has 6 atom stereocenters. The number of hydrogen-bond donors (Lipinski definition) is 1. The fraction of sp³-hybridized carbons (Fsp3) is 0.622. The number of amides is 2. The van der Waals surface area contributed by atoms with E-state index in [1.54, 1.807) is 11.1 Å². The largest absolute Gasteiger partial charge is 0.484 e. The zero-order valence-corrected chi connectivity index (χ0v) is 29.5. The zero-order valence-electron chi connectivity index (χ0n) is 29.5. The third-order valence-electron chi connectivity index (χ3n) is 10.2. The van der Waals surface area contributed by atoms with Crippen LogP contribution >= 0.6 is 0 Å². The number of carbonyl (C=O) groups is 3. The van der Waals surface area contributed by atoms with Crippen molar-refractivity contribution in [1.82, 2.24) is 25.2 Å². The SMILES string of the molecule is CC(=O)[C@@H]1[C@H](C)[C@@H]2CN1C(=O)[C@H](C(C)(C)C)NC(=O)O[C@@H]1CCC[C@H]1CCCCCc1nc3ccc(OCc4ncc(C)o4)cc3nc1O2. The second-order valence-electron chi connectivity index (χ2n) is 15.0. The molecule has 4 heterocycles. The summed E-state index contributed by atoms with van der Waals surface area (Å²) in [4.78, 5) is 56.4. The molecule has 3 aliphatic rings.